The zero-order valence-electron chi connectivity index (χ0n) is 10.8. The van der Waals surface area contributed by atoms with E-state index in [4.69, 9.17) is 0 Å². The van der Waals surface area contributed by atoms with E-state index < -0.39 is 0 Å². The van der Waals surface area contributed by atoms with E-state index in [0.29, 0.717) is 18.7 Å². The highest BCUT2D eigenvalue weighted by atomic mass is 32.1. The summed E-state index contributed by atoms with van der Waals surface area (Å²) in [6.45, 7) is 1.41. The molecule has 0 atom stereocenters. The Morgan fingerprint density at radius 2 is 2.15 bits per heavy atom. The minimum absolute atomic E-state index is 0.176. The summed E-state index contributed by atoms with van der Waals surface area (Å²) in [5.74, 6) is -0.176. The van der Waals surface area contributed by atoms with Crippen LogP contribution in [0.5, 0.6) is 0 Å². The van der Waals surface area contributed by atoms with Crippen LogP contribution in [0.3, 0.4) is 0 Å². The van der Waals surface area contributed by atoms with Crippen molar-refractivity contribution in [2.45, 2.75) is 13.1 Å². The van der Waals surface area contributed by atoms with Gasteiger partial charge in [-0.3, -0.25) is 5.10 Å². The van der Waals surface area contributed by atoms with E-state index in [2.05, 4.69) is 15.5 Å². The van der Waals surface area contributed by atoms with Crippen molar-refractivity contribution in [1.82, 2.24) is 15.5 Å². The van der Waals surface area contributed by atoms with Crippen molar-refractivity contribution < 1.29 is 4.39 Å². The van der Waals surface area contributed by atoms with Crippen molar-refractivity contribution in [1.29, 1.82) is 0 Å². The molecule has 0 unspecified atom stereocenters. The Labute approximate surface area is 120 Å². The number of halogens is 1. The average molecular weight is 287 g/mol. The van der Waals surface area contributed by atoms with E-state index in [1.54, 1.807) is 17.5 Å². The average Bonchev–Trinajstić information content (AvgIpc) is 3.13. The van der Waals surface area contributed by atoms with E-state index in [9.17, 15) is 4.39 Å². The van der Waals surface area contributed by atoms with E-state index in [0.717, 1.165) is 16.1 Å². The van der Waals surface area contributed by atoms with Crippen LogP contribution in [0.15, 0.2) is 48.0 Å². The van der Waals surface area contributed by atoms with Gasteiger partial charge < -0.3 is 5.32 Å². The summed E-state index contributed by atoms with van der Waals surface area (Å²) >= 11 is 1.55. The molecule has 3 nitrogen and oxygen atoms in total. The first-order valence-electron chi connectivity index (χ1n) is 6.34. The molecule has 2 N–H and O–H groups in total. The number of aromatic nitrogens is 2. The zero-order chi connectivity index (χ0) is 13.8. The Hall–Kier alpha value is -1.98. The summed E-state index contributed by atoms with van der Waals surface area (Å²) in [7, 11) is 0. The summed E-state index contributed by atoms with van der Waals surface area (Å²) in [5.41, 5.74) is 2.76. The second-order valence-electron chi connectivity index (χ2n) is 4.48. The number of aromatic amines is 1. The van der Waals surface area contributed by atoms with Gasteiger partial charge in [-0.25, -0.2) is 4.39 Å². The minimum atomic E-state index is -0.176. The van der Waals surface area contributed by atoms with Crippen molar-refractivity contribution >= 4 is 11.3 Å². The monoisotopic (exact) mass is 287 g/mol. The van der Waals surface area contributed by atoms with Gasteiger partial charge in [-0.05, 0) is 35.2 Å². The topological polar surface area (TPSA) is 40.7 Å². The lowest BCUT2D eigenvalue weighted by atomic mass is 10.1. The number of hydrogen-bond acceptors (Lipinski definition) is 3. The van der Waals surface area contributed by atoms with Crippen LogP contribution in [0.2, 0.25) is 0 Å². The summed E-state index contributed by atoms with van der Waals surface area (Å²) < 4.78 is 13.9. The molecule has 5 heteroatoms. The van der Waals surface area contributed by atoms with Gasteiger partial charge in [0.15, 0.2) is 0 Å². The van der Waals surface area contributed by atoms with Gasteiger partial charge in [0.2, 0.25) is 0 Å². The third-order valence-electron chi connectivity index (χ3n) is 3.02. The summed E-state index contributed by atoms with van der Waals surface area (Å²) in [4.78, 5) is 0.956. The second kappa shape index (κ2) is 5.98. The third-order valence-corrected chi connectivity index (χ3v) is 3.92. The first-order chi connectivity index (χ1) is 9.83. The number of nitrogens with one attached hydrogen (secondary N) is 2. The highest BCUT2D eigenvalue weighted by molar-refractivity contribution is 7.13. The Morgan fingerprint density at radius 1 is 1.20 bits per heavy atom. The van der Waals surface area contributed by atoms with E-state index in [-0.39, 0.29) is 5.82 Å². The Kier molecular flexibility index (Phi) is 3.90. The fraction of sp³-hybridized carbons (Fsp3) is 0.133. The predicted molar refractivity (Wildman–Crippen MR) is 78.8 cm³/mol. The Bertz CT molecular complexity index is 663. The minimum Gasteiger partial charge on any atom is -0.307 e. The number of benzene rings is 1. The molecule has 3 rings (SSSR count). The molecule has 1 aromatic carbocycles. The number of nitrogens with zero attached hydrogens (tertiary/aromatic N) is 1. The standard InChI is InChI=1S/C15H14FN3S/c16-14-4-3-11(8-13(14)15-2-1-7-20-15)9-17-10-12-5-6-18-19-12/h1-8,17H,9-10H2,(H,18,19). The summed E-state index contributed by atoms with van der Waals surface area (Å²) in [5, 5.41) is 12.1. The maximum atomic E-state index is 13.9. The maximum Gasteiger partial charge on any atom is 0.131 e. The molecule has 0 aliphatic rings. The van der Waals surface area contributed by atoms with Crippen molar-refractivity contribution in [2.24, 2.45) is 0 Å². The van der Waals surface area contributed by atoms with Crippen LogP contribution in [0, 0.1) is 5.82 Å². The van der Waals surface area contributed by atoms with Gasteiger partial charge in [-0.15, -0.1) is 11.3 Å². The normalized spacial score (nSPS) is 10.8. The smallest absolute Gasteiger partial charge is 0.131 e. The predicted octanol–water partition coefficient (Wildman–Crippen LogP) is 3.57. The molecule has 0 saturated heterocycles. The molecular weight excluding hydrogens is 273 g/mol. The van der Waals surface area contributed by atoms with Crippen LogP contribution in [-0.2, 0) is 13.1 Å². The van der Waals surface area contributed by atoms with Gasteiger partial charge in [0.1, 0.15) is 5.82 Å². The highest BCUT2D eigenvalue weighted by Gasteiger charge is 2.07. The SMILES string of the molecule is Fc1ccc(CNCc2ccn[nH]2)cc1-c1cccs1. The lowest BCUT2D eigenvalue weighted by Gasteiger charge is -2.07. The molecule has 0 saturated carbocycles. The van der Waals surface area contributed by atoms with Crippen LogP contribution >= 0.6 is 11.3 Å². The van der Waals surface area contributed by atoms with Crippen LogP contribution in [0.4, 0.5) is 4.39 Å². The molecule has 3 aromatic rings. The zero-order valence-corrected chi connectivity index (χ0v) is 11.6. The largest absolute Gasteiger partial charge is 0.307 e. The molecule has 0 aliphatic carbocycles. The van der Waals surface area contributed by atoms with E-state index >= 15 is 0 Å². The van der Waals surface area contributed by atoms with Crippen LogP contribution in [0.25, 0.3) is 10.4 Å². The van der Waals surface area contributed by atoms with Crippen molar-refractivity contribution in [2.75, 3.05) is 0 Å². The van der Waals surface area contributed by atoms with Crippen LogP contribution in [-0.4, -0.2) is 10.2 Å². The summed E-state index contributed by atoms with van der Waals surface area (Å²) in [6.07, 6.45) is 1.73. The molecule has 20 heavy (non-hydrogen) atoms. The first kappa shape index (κ1) is 13.0. The quantitative estimate of drug-likeness (QED) is 0.753. The first-order valence-corrected chi connectivity index (χ1v) is 7.22. The van der Waals surface area contributed by atoms with Crippen molar-refractivity contribution in [3.63, 3.8) is 0 Å². The molecular formula is C15H14FN3S. The van der Waals surface area contributed by atoms with Gasteiger partial charge in [-0.2, -0.15) is 5.10 Å². The highest BCUT2D eigenvalue weighted by Crippen LogP contribution is 2.28. The van der Waals surface area contributed by atoms with Gasteiger partial charge in [0.25, 0.3) is 0 Å². The fourth-order valence-corrected chi connectivity index (χ4v) is 2.77. The lowest BCUT2D eigenvalue weighted by molar-refractivity contribution is 0.628. The van der Waals surface area contributed by atoms with Crippen molar-refractivity contribution in [3.8, 4) is 10.4 Å². The Morgan fingerprint density at radius 3 is 2.90 bits per heavy atom. The van der Waals surface area contributed by atoms with Gasteiger partial charge in [-0.1, -0.05) is 12.1 Å². The maximum absolute atomic E-state index is 13.9. The number of hydrogen-bond donors (Lipinski definition) is 2. The molecule has 0 spiro atoms. The van der Waals surface area contributed by atoms with Gasteiger partial charge in [0, 0.05) is 35.4 Å². The van der Waals surface area contributed by atoms with Crippen molar-refractivity contribution in [3.05, 3.63) is 65.0 Å². The van der Waals surface area contributed by atoms with E-state index in [1.807, 2.05) is 35.7 Å². The molecule has 0 amide bonds. The van der Waals surface area contributed by atoms with Crippen LogP contribution in [0.1, 0.15) is 11.3 Å². The number of H-pyrrole nitrogens is 1. The van der Waals surface area contributed by atoms with Gasteiger partial charge >= 0.3 is 0 Å². The molecule has 0 aliphatic heterocycles. The van der Waals surface area contributed by atoms with E-state index in [1.165, 1.54) is 6.07 Å². The second-order valence-corrected chi connectivity index (χ2v) is 5.42. The number of thiophene rings is 1. The molecule has 0 bridgehead atoms. The molecule has 2 heterocycles. The lowest BCUT2D eigenvalue weighted by Crippen LogP contribution is -2.13. The van der Waals surface area contributed by atoms with Crippen LogP contribution < -0.4 is 5.32 Å². The molecule has 0 fully saturated rings. The third kappa shape index (κ3) is 2.95. The molecule has 102 valence electrons. The van der Waals surface area contributed by atoms with Gasteiger partial charge in [0.05, 0.1) is 0 Å². The molecule has 0 radical (unpaired) electrons. The fourth-order valence-electron chi connectivity index (χ4n) is 2.03. The molecule has 2 aromatic heterocycles. The Balaban J connectivity index is 1.69. The summed E-state index contributed by atoms with van der Waals surface area (Å²) in [6, 6.07) is 11.0. The number of rotatable bonds is 5.